The number of halogens is 1. The third kappa shape index (κ3) is 4.93. The van der Waals surface area contributed by atoms with E-state index < -0.39 is 0 Å². The lowest BCUT2D eigenvalue weighted by atomic mass is 10.0. The molecule has 6 nitrogen and oxygen atoms in total. The minimum Gasteiger partial charge on any atom is -0.357 e. The number of nitrogens with one attached hydrogen (secondary N) is 1. The van der Waals surface area contributed by atoms with Crippen LogP contribution >= 0.6 is 24.0 Å². The molecule has 1 aromatic heterocycles. The van der Waals surface area contributed by atoms with Gasteiger partial charge in [0.05, 0.1) is 6.54 Å². The zero-order valence-corrected chi connectivity index (χ0v) is 17.3. The molecule has 0 saturated carbocycles. The number of fused-ring (bicyclic) bond motifs is 1. The van der Waals surface area contributed by atoms with Gasteiger partial charge in [-0.1, -0.05) is 31.2 Å². The van der Waals surface area contributed by atoms with Gasteiger partial charge in [-0.3, -0.25) is 4.99 Å². The van der Waals surface area contributed by atoms with Crippen molar-refractivity contribution in [3.05, 3.63) is 47.5 Å². The lowest BCUT2D eigenvalue weighted by Crippen LogP contribution is -2.44. The average Bonchev–Trinajstić information content (AvgIpc) is 3.08. The summed E-state index contributed by atoms with van der Waals surface area (Å²) in [6.45, 7) is 8.57. The van der Waals surface area contributed by atoms with Crippen LogP contribution in [0.3, 0.4) is 0 Å². The van der Waals surface area contributed by atoms with Crippen LogP contribution in [0.25, 0.3) is 0 Å². The molecule has 0 atom stereocenters. The van der Waals surface area contributed by atoms with Crippen molar-refractivity contribution in [3.63, 3.8) is 0 Å². The van der Waals surface area contributed by atoms with Crippen LogP contribution < -0.4 is 5.32 Å². The Balaban J connectivity index is 0.00000225. The maximum atomic E-state index is 4.82. The van der Waals surface area contributed by atoms with E-state index in [9.17, 15) is 0 Å². The Bertz CT molecular complexity index is 696. The number of nitrogens with zero attached hydrogens (tertiary/aromatic N) is 5. The van der Waals surface area contributed by atoms with E-state index in [-0.39, 0.29) is 24.0 Å². The van der Waals surface area contributed by atoms with Crippen LogP contribution in [-0.4, -0.2) is 45.3 Å². The number of aromatic nitrogens is 3. The molecule has 25 heavy (non-hydrogen) atoms. The van der Waals surface area contributed by atoms with Gasteiger partial charge in [-0.25, -0.2) is 0 Å². The Morgan fingerprint density at radius 3 is 2.80 bits per heavy atom. The number of aryl methyl sites for hydroxylation is 1. The summed E-state index contributed by atoms with van der Waals surface area (Å²) in [5, 5.41) is 11.5. The molecule has 0 amide bonds. The van der Waals surface area contributed by atoms with Gasteiger partial charge in [0.15, 0.2) is 5.96 Å². The van der Waals surface area contributed by atoms with Crippen LogP contribution in [0.4, 0.5) is 0 Å². The van der Waals surface area contributed by atoms with Crippen LogP contribution in [0.5, 0.6) is 0 Å². The van der Waals surface area contributed by atoms with Crippen LogP contribution in [0.2, 0.25) is 0 Å². The molecule has 0 aliphatic carbocycles. The molecule has 0 spiro atoms. The quantitative estimate of drug-likeness (QED) is 0.429. The molecule has 1 aliphatic heterocycles. The van der Waals surface area contributed by atoms with Crippen molar-refractivity contribution in [1.82, 2.24) is 25.0 Å². The molecule has 0 unspecified atom stereocenters. The molecular formula is C18H27IN6. The highest BCUT2D eigenvalue weighted by Gasteiger charge is 2.18. The smallest absolute Gasteiger partial charge is 0.194 e. The van der Waals surface area contributed by atoms with Gasteiger partial charge < -0.3 is 14.8 Å². The molecule has 2 heterocycles. The minimum atomic E-state index is 0. The van der Waals surface area contributed by atoms with Crippen LogP contribution in [0.1, 0.15) is 30.8 Å². The fourth-order valence-corrected chi connectivity index (χ4v) is 3.11. The Morgan fingerprint density at radius 1 is 1.24 bits per heavy atom. The number of benzene rings is 1. The summed E-state index contributed by atoms with van der Waals surface area (Å²) < 4.78 is 2.08. The third-order valence-electron chi connectivity index (χ3n) is 4.38. The largest absolute Gasteiger partial charge is 0.357 e. The predicted molar refractivity (Wildman–Crippen MR) is 111 cm³/mol. The zero-order valence-electron chi connectivity index (χ0n) is 15.0. The molecule has 7 heteroatoms. The highest BCUT2D eigenvalue weighted by Crippen LogP contribution is 2.18. The summed E-state index contributed by atoms with van der Waals surface area (Å²) in [6, 6.07) is 8.69. The summed E-state index contributed by atoms with van der Waals surface area (Å²) in [6.07, 6.45) is 3.76. The first-order valence-corrected chi connectivity index (χ1v) is 8.78. The van der Waals surface area contributed by atoms with Crippen molar-refractivity contribution in [3.8, 4) is 0 Å². The lowest BCUT2D eigenvalue weighted by Gasteiger charge is -2.31. The van der Waals surface area contributed by atoms with Gasteiger partial charge in [0.25, 0.3) is 0 Å². The molecule has 0 bridgehead atoms. The maximum absolute atomic E-state index is 4.82. The third-order valence-corrected chi connectivity index (χ3v) is 4.38. The highest BCUT2D eigenvalue weighted by molar-refractivity contribution is 14.0. The molecule has 1 N–H and O–H groups in total. The molecule has 0 radical (unpaired) electrons. The molecular weight excluding hydrogens is 427 g/mol. The van der Waals surface area contributed by atoms with E-state index in [0.717, 1.165) is 57.3 Å². The van der Waals surface area contributed by atoms with Crippen molar-refractivity contribution >= 4 is 29.9 Å². The van der Waals surface area contributed by atoms with Crippen LogP contribution in [0.15, 0.2) is 35.6 Å². The number of rotatable bonds is 5. The number of hydrogen-bond acceptors (Lipinski definition) is 3. The number of guanidine groups is 1. The number of hydrogen-bond donors (Lipinski definition) is 1. The van der Waals surface area contributed by atoms with E-state index in [1.54, 1.807) is 6.33 Å². The Labute approximate surface area is 166 Å². The summed E-state index contributed by atoms with van der Waals surface area (Å²) >= 11 is 0. The molecule has 1 aliphatic rings. The van der Waals surface area contributed by atoms with Crippen LogP contribution in [-0.2, 0) is 25.9 Å². The second kappa shape index (κ2) is 9.74. The molecule has 136 valence electrons. The first kappa shape index (κ1) is 19.7. The topological polar surface area (TPSA) is 58.3 Å². The summed E-state index contributed by atoms with van der Waals surface area (Å²) in [4.78, 5) is 7.16. The van der Waals surface area contributed by atoms with Gasteiger partial charge in [0.2, 0.25) is 0 Å². The van der Waals surface area contributed by atoms with Gasteiger partial charge in [-0.15, -0.1) is 34.2 Å². The predicted octanol–water partition coefficient (Wildman–Crippen LogP) is 2.48. The Morgan fingerprint density at radius 2 is 2.04 bits per heavy atom. The van der Waals surface area contributed by atoms with Gasteiger partial charge in [0.1, 0.15) is 12.2 Å². The zero-order chi connectivity index (χ0) is 16.8. The molecule has 0 fully saturated rings. The molecule has 2 aromatic rings. The normalized spacial score (nSPS) is 14.0. The van der Waals surface area contributed by atoms with Crippen molar-refractivity contribution in [2.75, 3.05) is 19.6 Å². The fraction of sp³-hybridized carbons (Fsp3) is 0.500. The van der Waals surface area contributed by atoms with Crippen LogP contribution in [0, 0.1) is 0 Å². The monoisotopic (exact) mass is 454 g/mol. The van der Waals surface area contributed by atoms with E-state index in [1.165, 1.54) is 11.1 Å². The van der Waals surface area contributed by atoms with Crippen molar-refractivity contribution in [1.29, 1.82) is 0 Å². The highest BCUT2D eigenvalue weighted by atomic mass is 127. The molecule has 1 aromatic carbocycles. The van der Waals surface area contributed by atoms with Crippen molar-refractivity contribution in [2.45, 2.75) is 39.8 Å². The van der Waals surface area contributed by atoms with E-state index in [2.05, 4.69) is 63.1 Å². The molecule has 3 rings (SSSR count). The SMILES string of the molecule is CCNC(=NCCn1cnnc1CC)N1CCc2ccccc2C1.I. The maximum Gasteiger partial charge on any atom is 0.194 e. The first-order chi connectivity index (χ1) is 11.8. The Kier molecular flexibility index (Phi) is 7.67. The van der Waals surface area contributed by atoms with Gasteiger partial charge >= 0.3 is 0 Å². The summed E-state index contributed by atoms with van der Waals surface area (Å²) in [7, 11) is 0. The fourth-order valence-electron chi connectivity index (χ4n) is 3.11. The number of aliphatic imine (C=N–C) groups is 1. The molecule has 0 saturated heterocycles. The van der Waals surface area contributed by atoms with E-state index in [1.807, 2.05) is 0 Å². The van der Waals surface area contributed by atoms with Crippen molar-refractivity contribution in [2.24, 2.45) is 4.99 Å². The van der Waals surface area contributed by atoms with E-state index in [4.69, 9.17) is 4.99 Å². The second-order valence-electron chi connectivity index (χ2n) is 5.97. The standard InChI is InChI=1S/C18H26N6.HI/c1-3-17-22-21-14-24(17)12-10-20-18(19-4-2)23-11-9-15-7-5-6-8-16(15)13-23;/h5-8,14H,3-4,9-13H2,1-2H3,(H,19,20);1H. The minimum absolute atomic E-state index is 0. The lowest BCUT2D eigenvalue weighted by molar-refractivity contribution is 0.378. The summed E-state index contributed by atoms with van der Waals surface area (Å²) in [5.41, 5.74) is 2.86. The van der Waals surface area contributed by atoms with E-state index >= 15 is 0 Å². The van der Waals surface area contributed by atoms with Crippen molar-refractivity contribution < 1.29 is 0 Å². The van der Waals surface area contributed by atoms with Gasteiger partial charge in [-0.05, 0) is 24.5 Å². The van der Waals surface area contributed by atoms with E-state index in [0.29, 0.717) is 0 Å². The summed E-state index contributed by atoms with van der Waals surface area (Å²) in [5.74, 6) is 2.01. The first-order valence-electron chi connectivity index (χ1n) is 8.78. The average molecular weight is 454 g/mol. The Hall–Kier alpha value is -1.64. The van der Waals surface area contributed by atoms with Gasteiger partial charge in [0, 0.05) is 32.6 Å². The second-order valence-corrected chi connectivity index (χ2v) is 5.97. The van der Waals surface area contributed by atoms with Gasteiger partial charge in [-0.2, -0.15) is 0 Å².